The summed E-state index contributed by atoms with van der Waals surface area (Å²) in [6, 6.07) is 4.57. The van der Waals surface area contributed by atoms with Crippen molar-refractivity contribution in [2.75, 3.05) is 6.61 Å². The lowest BCUT2D eigenvalue weighted by molar-refractivity contribution is 0.150. The quantitative estimate of drug-likeness (QED) is 0.781. The van der Waals surface area contributed by atoms with Crippen molar-refractivity contribution in [3.8, 4) is 0 Å². The van der Waals surface area contributed by atoms with Crippen LogP contribution in [-0.2, 0) is 6.42 Å². The smallest absolute Gasteiger partial charge is 0.123 e. The number of aliphatic hydroxyl groups is 2. The molecule has 0 spiro atoms. The van der Waals surface area contributed by atoms with Crippen molar-refractivity contribution in [1.82, 2.24) is 0 Å². The maximum atomic E-state index is 12.8. The van der Waals surface area contributed by atoms with Gasteiger partial charge in [0.2, 0.25) is 0 Å². The van der Waals surface area contributed by atoms with E-state index in [1.54, 1.807) is 6.07 Å². The second-order valence-electron chi connectivity index (χ2n) is 3.79. The van der Waals surface area contributed by atoms with Gasteiger partial charge >= 0.3 is 0 Å². The maximum absolute atomic E-state index is 12.8. The predicted molar refractivity (Wildman–Crippen MR) is 57.2 cm³/mol. The number of hydrogen-bond donors (Lipinski definition) is 2. The van der Waals surface area contributed by atoms with E-state index >= 15 is 0 Å². The van der Waals surface area contributed by atoms with Crippen molar-refractivity contribution >= 4 is 0 Å². The first-order valence-electron chi connectivity index (χ1n) is 5.17. The van der Waals surface area contributed by atoms with E-state index in [1.165, 1.54) is 12.1 Å². The molecule has 84 valence electrons. The molecule has 0 aromatic heterocycles. The summed E-state index contributed by atoms with van der Waals surface area (Å²) in [5, 5.41) is 18.2. The van der Waals surface area contributed by atoms with Crippen LogP contribution in [0.3, 0.4) is 0 Å². The van der Waals surface area contributed by atoms with Crippen LogP contribution in [0.25, 0.3) is 0 Å². The van der Waals surface area contributed by atoms with E-state index in [-0.39, 0.29) is 12.4 Å². The van der Waals surface area contributed by atoms with E-state index in [4.69, 9.17) is 5.11 Å². The van der Waals surface area contributed by atoms with Gasteiger partial charge in [0.1, 0.15) is 5.82 Å². The molecule has 1 aromatic rings. The molecule has 1 rings (SSSR count). The van der Waals surface area contributed by atoms with Gasteiger partial charge in [0.15, 0.2) is 0 Å². The fraction of sp³-hybridized carbons (Fsp3) is 0.500. The molecule has 15 heavy (non-hydrogen) atoms. The second kappa shape index (κ2) is 5.83. The molecular formula is C12H17FO2. The Morgan fingerprint density at radius 1 is 1.40 bits per heavy atom. The van der Waals surface area contributed by atoms with Gasteiger partial charge in [0.05, 0.1) is 6.10 Å². The first-order chi connectivity index (χ1) is 7.13. The maximum Gasteiger partial charge on any atom is 0.123 e. The Balaban J connectivity index is 2.56. The molecule has 1 atom stereocenters. The molecule has 1 unspecified atom stereocenters. The van der Waals surface area contributed by atoms with E-state index in [9.17, 15) is 9.50 Å². The zero-order chi connectivity index (χ0) is 11.3. The largest absolute Gasteiger partial charge is 0.396 e. The number of benzene rings is 1. The van der Waals surface area contributed by atoms with Gasteiger partial charge in [-0.05, 0) is 49.4 Å². The number of rotatable bonds is 5. The van der Waals surface area contributed by atoms with Crippen LogP contribution in [0, 0.1) is 12.7 Å². The van der Waals surface area contributed by atoms with Gasteiger partial charge < -0.3 is 10.2 Å². The molecule has 0 aliphatic heterocycles. The van der Waals surface area contributed by atoms with Crippen LogP contribution in [0.5, 0.6) is 0 Å². The average molecular weight is 212 g/mol. The third-order valence-corrected chi connectivity index (χ3v) is 2.46. The number of aryl methyl sites for hydroxylation is 1. The van der Waals surface area contributed by atoms with Gasteiger partial charge in [0.25, 0.3) is 0 Å². The Morgan fingerprint density at radius 2 is 2.13 bits per heavy atom. The summed E-state index contributed by atoms with van der Waals surface area (Å²) in [5.74, 6) is -0.249. The van der Waals surface area contributed by atoms with Crippen molar-refractivity contribution in [3.63, 3.8) is 0 Å². The standard InChI is InChI=1S/C12H17FO2/c1-9-7-11(13)5-4-10(9)8-12(15)3-2-6-14/h4-5,7,12,14-15H,2-3,6,8H2,1H3. The van der Waals surface area contributed by atoms with E-state index in [2.05, 4.69) is 0 Å². The Morgan fingerprint density at radius 3 is 2.73 bits per heavy atom. The molecule has 0 saturated carbocycles. The highest BCUT2D eigenvalue weighted by Gasteiger charge is 2.07. The summed E-state index contributed by atoms with van der Waals surface area (Å²) in [4.78, 5) is 0. The highest BCUT2D eigenvalue weighted by molar-refractivity contribution is 5.27. The SMILES string of the molecule is Cc1cc(F)ccc1CC(O)CCCO. The van der Waals surface area contributed by atoms with Crippen LogP contribution in [-0.4, -0.2) is 22.9 Å². The van der Waals surface area contributed by atoms with Crippen LogP contribution < -0.4 is 0 Å². The van der Waals surface area contributed by atoms with Crippen molar-refractivity contribution in [1.29, 1.82) is 0 Å². The zero-order valence-electron chi connectivity index (χ0n) is 8.91. The third kappa shape index (κ3) is 3.98. The minimum absolute atomic E-state index is 0.0967. The van der Waals surface area contributed by atoms with Crippen molar-refractivity contribution in [2.45, 2.75) is 32.3 Å². The van der Waals surface area contributed by atoms with Gasteiger partial charge in [0, 0.05) is 6.61 Å². The summed E-state index contributed by atoms with van der Waals surface area (Å²) < 4.78 is 12.8. The third-order valence-electron chi connectivity index (χ3n) is 2.46. The fourth-order valence-electron chi connectivity index (χ4n) is 1.57. The van der Waals surface area contributed by atoms with Crippen molar-refractivity contribution < 1.29 is 14.6 Å². The van der Waals surface area contributed by atoms with Gasteiger partial charge in [-0.1, -0.05) is 6.07 Å². The van der Waals surface area contributed by atoms with Crippen LogP contribution in [0.15, 0.2) is 18.2 Å². The molecule has 0 amide bonds. The summed E-state index contributed by atoms with van der Waals surface area (Å²) in [5.41, 5.74) is 1.82. The van der Waals surface area contributed by atoms with E-state index in [0.29, 0.717) is 19.3 Å². The first kappa shape index (κ1) is 12.1. The Kier molecular flexibility index (Phi) is 4.72. The van der Waals surface area contributed by atoms with Gasteiger partial charge in [-0.15, -0.1) is 0 Å². The Bertz CT molecular complexity index is 312. The van der Waals surface area contributed by atoms with Crippen LogP contribution in [0.4, 0.5) is 4.39 Å². The molecule has 0 radical (unpaired) electrons. The zero-order valence-corrected chi connectivity index (χ0v) is 8.91. The molecule has 0 aliphatic carbocycles. The number of halogens is 1. The number of aliphatic hydroxyl groups excluding tert-OH is 2. The minimum Gasteiger partial charge on any atom is -0.396 e. The van der Waals surface area contributed by atoms with Gasteiger partial charge in [-0.25, -0.2) is 4.39 Å². The van der Waals surface area contributed by atoms with Gasteiger partial charge in [-0.3, -0.25) is 0 Å². The summed E-state index contributed by atoms with van der Waals surface area (Å²) in [7, 11) is 0. The van der Waals surface area contributed by atoms with E-state index in [0.717, 1.165) is 11.1 Å². The average Bonchev–Trinajstić information content (AvgIpc) is 2.19. The summed E-state index contributed by atoms with van der Waals surface area (Å²) >= 11 is 0. The molecule has 0 fully saturated rings. The highest BCUT2D eigenvalue weighted by Crippen LogP contribution is 2.14. The molecular weight excluding hydrogens is 195 g/mol. The molecule has 0 heterocycles. The van der Waals surface area contributed by atoms with Crippen LogP contribution in [0.1, 0.15) is 24.0 Å². The highest BCUT2D eigenvalue weighted by atomic mass is 19.1. The normalized spacial score (nSPS) is 12.8. The lowest BCUT2D eigenvalue weighted by Crippen LogP contribution is -2.12. The molecule has 0 bridgehead atoms. The van der Waals surface area contributed by atoms with E-state index < -0.39 is 6.10 Å². The van der Waals surface area contributed by atoms with Gasteiger partial charge in [-0.2, -0.15) is 0 Å². The lowest BCUT2D eigenvalue weighted by Gasteiger charge is -2.11. The monoisotopic (exact) mass is 212 g/mol. The molecule has 3 heteroatoms. The molecule has 2 N–H and O–H groups in total. The molecule has 1 aromatic carbocycles. The summed E-state index contributed by atoms with van der Waals surface area (Å²) in [6.45, 7) is 1.93. The Hall–Kier alpha value is -0.930. The minimum atomic E-state index is -0.457. The molecule has 0 saturated heterocycles. The molecule has 2 nitrogen and oxygen atoms in total. The summed E-state index contributed by atoms with van der Waals surface area (Å²) in [6.07, 6.45) is 1.24. The van der Waals surface area contributed by atoms with Crippen molar-refractivity contribution in [3.05, 3.63) is 35.1 Å². The van der Waals surface area contributed by atoms with Crippen LogP contribution >= 0.6 is 0 Å². The topological polar surface area (TPSA) is 40.5 Å². The van der Waals surface area contributed by atoms with Crippen LogP contribution in [0.2, 0.25) is 0 Å². The second-order valence-corrected chi connectivity index (χ2v) is 3.79. The fourth-order valence-corrected chi connectivity index (χ4v) is 1.57. The Labute approximate surface area is 89.4 Å². The lowest BCUT2D eigenvalue weighted by atomic mass is 10.0. The van der Waals surface area contributed by atoms with E-state index in [1.807, 2.05) is 6.92 Å². The molecule has 0 aliphatic rings. The van der Waals surface area contributed by atoms with Crippen molar-refractivity contribution in [2.24, 2.45) is 0 Å². The first-order valence-corrected chi connectivity index (χ1v) is 5.17. The number of hydrogen-bond acceptors (Lipinski definition) is 2. The predicted octanol–water partition coefficient (Wildman–Crippen LogP) is 1.81.